The molecular weight excluding hydrogens is 240 g/mol. The number of hydrogen-bond acceptors (Lipinski definition) is 3. The van der Waals surface area contributed by atoms with Gasteiger partial charge in [-0.2, -0.15) is 0 Å². The molecule has 0 heterocycles. The summed E-state index contributed by atoms with van der Waals surface area (Å²) >= 11 is 0. The van der Waals surface area contributed by atoms with Crippen LogP contribution in [0.15, 0.2) is 12.2 Å². The van der Waals surface area contributed by atoms with Crippen molar-refractivity contribution >= 4 is 5.97 Å². The molecule has 4 atom stereocenters. The summed E-state index contributed by atoms with van der Waals surface area (Å²) in [4.78, 5) is 11.7. The summed E-state index contributed by atoms with van der Waals surface area (Å²) in [6.45, 7) is 6.07. The molecule has 3 fully saturated rings. The van der Waals surface area contributed by atoms with Gasteiger partial charge in [-0.05, 0) is 50.9 Å². The van der Waals surface area contributed by atoms with Crippen LogP contribution in [0.4, 0.5) is 0 Å². The van der Waals surface area contributed by atoms with E-state index >= 15 is 0 Å². The number of carbonyl (C=O) groups excluding carboxylic acids is 1. The van der Waals surface area contributed by atoms with Gasteiger partial charge in [0.25, 0.3) is 0 Å². The van der Waals surface area contributed by atoms with Gasteiger partial charge in [-0.1, -0.05) is 13.0 Å². The van der Waals surface area contributed by atoms with Crippen LogP contribution >= 0.6 is 0 Å². The molecule has 3 aliphatic carbocycles. The van der Waals surface area contributed by atoms with Crippen LogP contribution in [-0.2, 0) is 9.53 Å². The average molecular weight is 264 g/mol. The number of ether oxygens (including phenoxy) is 1. The third kappa shape index (κ3) is 1.63. The molecule has 4 unspecified atom stereocenters. The molecule has 0 aliphatic heterocycles. The summed E-state index contributed by atoms with van der Waals surface area (Å²) in [6.07, 6.45) is 7.07. The molecule has 106 valence electrons. The summed E-state index contributed by atoms with van der Waals surface area (Å²) in [5, 5.41) is 10.0. The lowest BCUT2D eigenvalue weighted by Gasteiger charge is -2.46. The van der Waals surface area contributed by atoms with E-state index in [4.69, 9.17) is 4.74 Å². The fourth-order valence-corrected chi connectivity index (χ4v) is 5.37. The maximum Gasteiger partial charge on any atom is 0.333 e. The average Bonchev–Trinajstić information content (AvgIpc) is 3.05. The highest BCUT2D eigenvalue weighted by atomic mass is 16.5. The van der Waals surface area contributed by atoms with E-state index in [-0.39, 0.29) is 23.4 Å². The maximum atomic E-state index is 11.7. The van der Waals surface area contributed by atoms with Crippen molar-refractivity contribution < 1.29 is 14.6 Å². The Kier molecular flexibility index (Phi) is 3.01. The van der Waals surface area contributed by atoms with Crippen molar-refractivity contribution in [2.45, 2.75) is 45.4 Å². The molecule has 3 aliphatic rings. The topological polar surface area (TPSA) is 46.5 Å². The second-order valence-corrected chi connectivity index (χ2v) is 6.95. The van der Waals surface area contributed by atoms with Gasteiger partial charge in [0, 0.05) is 23.0 Å². The first-order valence-corrected chi connectivity index (χ1v) is 7.48. The number of carbonyl (C=O) groups is 1. The highest BCUT2D eigenvalue weighted by Gasteiger charge is 2.68. The Hall–Kier alpha value is -0.830. The number of aliphatic hydroxyl groups is 1. The van der Waals surface area contributed by atoms with Gasteiger partial charge in [-0.15, -0.1) is 0 Å². The molecule has 0 spiro atoms. The molecule has 0 radical (unpaired) electrons. The monoisotopic (exact) mass is 264 g/mol. The van der Waals surface area contributed by atoms with E-state index in [0.29, 0.717) is 18.1 Å². The van der Waals surface area contributed by atoms with Crippen molar-refractivity contribution in [3.05, 3.63) is 12.2 Å². The number of esters is 1. The van der Waals surface area contributed by atoms with Gasteiger partial charge >= 0.3 is 5.97 Å². The normalized spacial score (nSPS) is 43.3. The van der Waals surface area contributed by atoms with Crippen LogP contribution in [0.25, 0.3) is 0 Å². The van der Waals surface area contributed by atoms with Crippen LogP contribution in [0.2, 0.25) is 0 Å². The lowest BCUT2D eigenvalue weighted by molar-refractivity contribution is -0.148. The second-order valence-electron chi connectivity index (χ2n) is 6.95. The zero-order chi connectivity index (χ0) is 13.7. The predicted molar refractivity (Wildman–Crippen MR) is 72.4 cm³/mol. The summed E-state index contributed by atoms with van der Waals surface area (Å²) in [6, 6.07) is 0. The molecule has 0 saturated heterocycles. The molecule has 3 heteroatoms. The minimum atomic E-state index is -0.285. The molecule has 1 N–H and O–H groups in total. The first kappa shape index (κ1) is 13.2. The van der Waals surface area contributed by atoms with E-state index in [1.54, 1.807) is 6.92 Å². The van der Waals surface area contributed by atoms with E-state index in [2.05, 4.69) is 6.58 Å². The molecule has 3 saturated carbocycles. The first-order valence-electron chi connectivity index (χ1n) is 7.48. The molecule has 3 nitrogen and oxygen atoms in total. The van der Waals surface area contributed by atoms with Gasteiger partial charge in [0.15, 0.2) is 0 Å². The Balaban J connectivity index is 1.81. The Labute approximate surface area is 115 Å². The first-order chi connectivity index (χ1) is 9.05. The highest BCUT2D eigenvalue weighted by Crippen LogP contribution is 2.72. The number of hydrogen-bond donors (Lipinski definition) is 1. The number of aliphatic hydroxyl groups excluding tert-OH is 1. The molecule has 19 heavy (non-hydrogen) atoms. The second kappa shape index (κ2) is 4.34. The fraction of sp³-hybridized carbons (Fsp3) is 0.812. The van der Waals surface area contributed by atoms with E-state index in [9.17, 15) is 9.90 Å². The molecular formula is C16H24O3. The lowest BCUT2D eigenvalue weighted by atomic mass is 9.60. The van der Waals surface area contributed by atoms with Gasteiger partial charge in [0.2, 0.25) is 0 Å². The Morgan fingerprint density at radius 2 is 2.21 bits per heavy atom. The Morgan fingerprint density at radius 1 is 1.42 bits per heavy atom. The third-order valence-electron chi connectivity index (χ3n) is 6.23. The van der Waals surface area contributed by atoms with Gasteiger partial charge in [0.05, 0.1) is 6.61 Å². The molecule has 0 aromatic carbocycles. The third-order valence-corrected chi connectivity index (χ3v) is 6.23. The number of fused-ring (bicyclic) bond motifs is 5. The van der Waals surface area contributed by atoms with E-state index in [1.165, 1.54) is 19.3 Å². The van der Waals surface area contributed by atoms with Crippen molar-refractivity contribution in [2.75, 3.05) is 13.2 Å². The van der Waals surface area contributed by atoms with Gasteiger partial charge in [-0.3, -0.25) is 0 Å². The minimum Gasteiger partial charge on any atom is -0.462 e. The quantitative estimate of drug-likeness (QED) is 0.627. The number of rotatable bonds is 4. The summed E-state index contributed by atoms with van der Waals surface area (Å²) in [7, 11) is 0. The molecule has 2 bridgehead atoms. The molecule has 0 amide bonds. The standard InChI is InChI=1S/C16H24O3/c1-11(2)14(18)19-10-15-7-5-12(8-15)13-4-3-6-16(13,15)9-17/h12-13,17H,1,3-10H2,2H3. The predicted octanol–water partition coefficient (Wildman–Crippen LogP) is 2.68. The molecule has 3 rings (SSSR count). The van der Waals surface area contributed by atoms with Gasteiger partial charge < -0.3 is 9.84 Å². The SMILES string of the molecule is C=C(C)C(=O)OCC12CCC(C1)C1CCCC12CO. The van der Waals surface area contributed by atoms with Crippen molar-refractivity contribution in [3.63, 3.8) is 0 Å². The zero-order valence-corrected chi connectivity index (χ0v) is 11.8. The summed E-state index contributed by atoms with van der Waals surface area (Å²) in [5.74, 6) is 1.13. The minimum absolute atomic E-state index is 0.0330. The van der Waals surface area contributed by atoms with Crippen LogP contribution in [-0.4, -0.2) is 24.3 Å². The van der Waals surface area contributed by atoms with Crippen molar-refractivity contribution in [2.24, 2.45) is 22.7 Å². The smallest absolute Gasteiger partial charge is 0.333 e. The van der Waals surface area contributed by atoms with Gasteiger partial charge in [0.1, 0.15) is 0 Å². The Morgan fingerprint density at radius 3 is 2.89 bits per heavy atom. The molecule has 0 aromatic heterocycles. The highest BCUT2D eigenvalue weighted by molar-refractivity contribution is 5.86. The van der Waals surface area contributed by atoms with E-state index in [0.717, 1.165) is 25.2 Å². The van der Waals surface area contributed by atoms with Crippen LogP contribution in [0.3, 0.4) is 0 Å². The summed E-state index contributed by atoms with van der Waals surface area (Å²) < 4.78 is 5.49. The van der Waals surface area contributed by atoms with E-state index in [1.807, 2.05) is 0 Å². The van der Waals surface area contributed by atoms with Crippen molar-refractivity contribution in [1.29, 1.82) is 0 Å². The van der Waals surface area contributed by atoms with Crippen LogP contribution in [0, 0.1) is 22.7 Å². The Bertz CT molecular complexity index is 416. The van der Waals surface area contributed by atoms with Crippen LogP contribution < -0.4 is 0 Å². The summed E-state index contributed by atoms with van der Waals surface area (Å²) in [5.41, 5.74) is 0.536. The van der Waals surface area contributed by atoms with Crippen molar-refractivity contribution in [3.8, 4) is 0 Å². The largest absolute Gasteiger partial charge is 0.462 e. The van der Waals surface area contributed by atoms with Crippen molar-refractivity contribution in [1.82, 2.24) is 0 Å². The maximum absolute atomic E-state index is 11.7. The lowest BCUT2D eigenvalue weighted by Crippen LogP contribution is -2.46. The fourth-order valence-electron chi connectivity index (χ4n) is 5.37. The molecule has 0 aromatic rings. The van der Waals surface area contributed by atoms with Crippen LogP contribution in [0.5, 0.6) is 0 Å². The zero-order valence-electron chi connectivity index (χ0n) is 11.8. The van der Waals surface area contributed by atoms with Crippen LogP contribution in [0.1, 0.15) is 45.4 Å². The van der Waals surface area contributed by atoms with Gasteiger partial charge in [-0.25, -0.2) is 4.79 Å². The van der Waals surface area contributed by atoms with E-state index < -0.39 is 0 Å².